The number of hydrogen-bond donors (Lipinski definition) is 1. The highest BCUT2D eigenvalue weighted by Gasteiger charge is 2.20. The third kappa shape index (κ3) is 4.82. The van der Waals surface area contributed by atoms with Crippen LogP contribution in [-0.4, -0.2) is 0 Å². The topological polar surface area (TPSA) is 74.7 Å². The first-order chi connectivity index (χ1) is 17.5. The summed E-state index contributed by atoms with van der Waals surface area (Å²) in [5.41, 5.74) is 11.3. The van der Waals surface area contributed by atoms with Gasteiger partial charge in [0.2, 0.25) is 11.2 Å². The van der Waals surface area contributed by atoms with Gasteiger partial charge in [0.05, 0.1) is 11.1 Å². The Balaban J connectivity index is 1.55. The van der Waals surface area contributed by atoms with Crippen LogP contribution >= 0.6 is 0 Å². The van der Waals surface area contributed by atoms with Crippen LogP contribution in [0.3, 0.4) is 0 Å². The van der Waals surface area contributed by atoms with Crippen LogP contribution in [0.2, 0.25) is 0 Å². The van der Waals surface area contributed by atoms with Crippen molar-refractivity contribution >= 4 is 16.7 Å². The molecule has 5 heteroatoms. The molecule has 0 saturated heterocycles. The zero-order valence-electron chi connectivity index (χ0n) is 20.3. The van der Waals surface area contributed by atoms with E-state index in [0.717, 1.165) is 28.0 Å². The molecule has 0 spiro atoms. The standard InChI is InChI=1S/C31H27NO4/c1-20-15-25-28(33)31(35-19-23-11-7-4-8-12-23)29(36-30(25)26(32)16-20)24-13-14-27(21(2)17-24)34-18-22-9-5-3-6-10-22/h3-17H,18-19,32H2,1-2H3. The maximum Gasteiger partial charge on any atom is 0.235 e. The third-order valence-electron chi connectivity index (χ3n) is 6.02. The van der Waals surface area contributed by atoms with Gasteiger partial charge < -0.3 is 19.6 Å². The molecule has 1 aromatic heterocycles. The molecule has 0 aliphatic carbocycles. The second-order valence-electron chi connectivity index (χ2n) is 8.85. The van der Waals surface area contributed by atoms with E-state index < -0.39 is 0 Å². The third-order valence-corrected chi connectivity index (χ3v) is 6.02. The Bertz CT molecular complexity index is 1570. The van der Waals surface area contributed by atoms with Crippen LogP contribution in [0.5, 0.6) is 11.5 Å². The summed E-state index contributed by atoms with van der Waals surface area (Å²) >= 11 is 0. The Morgan fingerprint density at radius 3 is 2.06 bits per heavy atom. The van der Waals surface area contributed by atoms with Crippen molar-refractivity contribution in [2.45, 2.75) is 27.1 Å². The van der Waals surface area contributed by atoms with Gasteiger partial charge in [-0.3, -0.25) is 4.79 Å². The summed E-state index contributed by atoms with van der Waals surface area (Å²) in [6.07, 6.45) is 0. The lowest BCUT2D eigenvalue weighted by Gasteiger charge is -2.15. The van der Waals surface area contributed by atoms with E-state index >= 15 is 0 Å². The average Bonchev–Trinajstić information content (AvgIpc) is 2.89. The largest absolute Gasteiger partial charge is 0.489 e. The summed E-state index contributed by atoms with van der Waals surface area (Å²) in [6, 6.07) is 29.0. The van der Waals surface area contributed by atoms with Gasteiger partial charge in [-0.1, -0.05) is 60.7 Å². The first-order valence-electron chi connectivity index (χ1n) is 11.8. The van der Waals surface area contributed by atoms with Gasteiger partial charge in [0.25, 0.3) is 0 Å². The Hall–Kier alpha value is -4.51. The summed E-state index contributed by atoms with van der Waals surface area (Å²) < 4.78 is 18.4. The lowest BCUT2D eigenvalue weighted by molar-refractivity contribution is 0.297. The van der Waals surface area contributed by atoms with Gasteiger partial charge in [-0.15, -0.1) is 0 Å². The zero-order valence-corrected chi connectivity index (χ0v) is 20.3. The number of fused-ring (bicyclic) bond motifs is 1. The van der Waals surface area contributed by atoms with Crippen molar-refractivity contribution in [2.75, 3.05) is 5.73 Å². The number of rotatable bonds is 7. The molecule has 5 aromatic rings. The lowest BCUT2D eigenvalue weighted by Crippen LogP contribution is -2.11. The fraction of sp³-hybridized carbons (Fsp3) is 0.129. The van der Waals surface area contributed by atoms with Crippen molar-refractivity contribution in [3.05, 3.63) is 123 Å². The van der Waals surface area contributed by atoms with Crippen LogP contribution in [0.1, 0.15) is 22.3 Å². The molecule has 0 aliphatic rings. The molecule has 0 amide bonds. The van der Waals surface area contributed by atoms with Crippen LogP contribution in [0, 0.1) is 13.8 Å². The smallest absolute Gasteiger partial charge is 0.235 e. The number of benzene rings is 4. The van der Waals surface area contributed by atoms with Gasteiger partial charge in [0.1, 0.15) is 19.0 Å². The Labute approximate surface area is 209 Å². The average molecular weight is 478 g/mol. The summed E-state index contributed by atoms with van der Waals surface area (Å²) in [6.45, 7) is 4.56. The molecule has 36 heavy (non-hydrogen) atoms. The van der Waals surface area contributed by atoms with E-state index in [9.17, 15) is 4.79 Å². The number of nitrogens with two attached hydrogens (primary N) is 1. The van der Waals surface area contributed by atoms with Gasteiger partial charge in [-0.05, 0) is 66.4 Å². The Kier molecular flexibility index (Phi) is 6.46. The molecule has 0 radical (unpaired) electrons. The molecule has 0 aliphatic heterocycles. The van der Waals surface area contributed by atoms with Gasteiger partial charge in [-0.2, -0.15) is 0 Å². The molecule has 0 bridgehead atoms. The molecule has 0 atom stereocenters. The number of nitrogen functional groups attached to an aromatic ring is 1. The van der Waals surface area contributed by atoms with E-state index in [1.54, 1.807) is 12.1 Å². The highest BCUT2D eigenvalue weighted by atomic mass is 16.5. The highest BCUT2D eigenvalue weighted by Crippen LogP contribution is 2.36. The van der Waals surface area contributed by atoms with Crippen molar-refractivity contribution in [3.63, 3.8) is 0 Å². The molecule has 0 saturated carbocycles. The van der Waals surface area contributed by atoms with E-state index in [1.807, 2.05) is 92.7 Å². The summed E-state index contributed by atoms with van der Waals surface area (Å²) in [5, 5.41) is 0.402. The maximum atomic E-state index is 13.6. The van der Waals surface area contributed by atoms with Gasteiger partial charge in [-0.25, -0.2) is 0 Å². The first kappa shape index (κ1) is 23.2. The molecule has 2 N–H and O–H groups in total. The molecule has 1 heterocycles. The lowest BCUT2D eigenvalue weighted by atomic mass is 10.1. The number of ether oxygens (including phenoxy) is 2. The summed E-state index contributed by atoms with van der Waals surface area (Å²) in [7, 11) is 0. The molecule has 180 valence electrons. The molecular weight excluding hydrogens is 450 g/mol. The van der Waals surface area contributed by atoms with Crippen molar-refractivity contribution in [1.82, 2.24) is 0 Å². The van der Waals surface area contributed by atoms with Crippen LogP contribution in [0.25, 0.3) is 22.3 Å². The predicted octanol–water partition coefficient (Wildman–Crippen LogP) is 6.82. The molecule has 5 rings (SSSR count). The minimum absolute atomic E-state index is 0.161. The van der Waals surface area contributed by atoms with Crippen LogP contribution < -0.4 is 20.6 Å². The quantitative estimate of drug-likeness (QED) is 0.260. The molecular formula is C31H27NO4. The summed E-state index contributed by atoms with van der Waals surface area (Å²) in [4.78, 5) is 13.6. The minimum atomic E-state index is -0.250. The molecule has 5 nitrogen and oxygen atoms in total. The Morgan fingerprint density at radius 1 is 0.778 bits per heavy atom. The second-order valence-corrected chi connectivity index (χ2v) is 8.85. The SMILES string of the molecule is Cc1cc(N)c2oc(-c3ccc(OCc4ccccc4)c(C)c3)c(OCc3ccccc3)c(=O)c2c1. The number of anilines is 1. The van der Waals surface area contributed by atoms with Crippen molar-refractivity contribution in [3.8, 4) is 22.8 Å². The molecule has 0 fully saturated rings. The normalized spacial score (nSPS) is 10.9. The van der Waals surface area contributed by atoms with Crippen LogP contribution in [-0.2, 0) is 13.2 Å². The number of hydrogen-bond acceptors (Lipinski definition) is 5. The zero-order chi connectivity index (χ0) is 25.1. The van der Waals surface area contributed by atoms with E-state index in [2.05, 4.69) is 0 Å². The van der Waals surface area contributed by atoms with E-state index in [0.29, 0.717) is 34.6 Å². The van der Waals surface area contributed by atoms with Crippen LogP contribution in [0.15, 0.2) is 100 Å². The first-order valence-corrected chi connectivity index (χ1v) is 11.8. The second kappa shape index (κ2) is 10.0. The van der Waals surface area contributed by atoms with Gasteiger partial charge >= 0.3 is 0 Å². The Morgan fingerprint density at radius 2 is 1.42 bits per heavy atom. The van der Waals surface area contributed by atoms with Gasteiger partial charge in [0, 0.05) is 5.56 Å². The minimum Gasteiger partial charge on any atom is -0.489 e. The predicted molar refractivity (Wildman–Crippen MR) is 143 cm³/mol. The summed E-state index contributed by atoms with van der Waals surface area (Å²) in [5.74, 6) is 1.26. The van der Waals surface area contributed by atoms with E-state index in [4.69, 9.17) is 19.6 Å². The monoisotopic (exact) mass is 477 g/mol. The fourth-order valence-electron chi connectivity index (χ4n) is 4.20. The van der Waals surface area contributed by atoms with E-state index in [-0.39, 0.29) is 17.8 Å². The van der Waals surface area contributed by atoms with Gasteiger partial charge in [0.15, 0.2) is 11.3 Å². The molecule has 0 unspecified atom stereocenters. The maximum absolute atomic E-state index is 13.6. The molecule has 4 aromatic carbocycles. The van der Waals surface area contributed by atoms with Crippen molar-refractivity contribution < 1.29 is 13.9 Å². The van der Waals surface area contributed by atoms with Crippen molar-refractivity contribution in [1.29, 1.82) is 0 Å². The highest BCUT2D eigenvalue weighted by molar-refractivity contribution is 5.91. The number of aryl methyl sites for hydroxylation is 2. The van der Waals surface area contributed by atoms with Crippen LogP contribution in [0.4, 0.5) is 5.69 Å². The van der Waals surface area contributed by atoms with E-state index in [1.165, 1.54) is 0 Å². The van der Waals surface area contributed by atoms with Crippen molar-refractivity contribution in [2.24, 2.45) is 0 Å². The fourth-order valence-corrected chi connectivity index (χ4v) is 4.20.